The van der Waals surface area contributed by atoms with E-state index in [1.807, 2.05) is 30.5 Å². The molecule has 0 aliphatic carbocycles. The third-order valence-electron chi connectivity index (χ3n) is 4.44. The van der Waals surface area contributed by atoms with Gasteiger partial charge in [0.15, 0.2) is 5.65 Å². The van der Waals surface area contributed by atoms with E-state index in [1.54, 1.807) is 18.3 Å². The van der Waals surface area contributed by atoms with Crippen LogP contribution in [0.5, 0.6) is 6.01 Å². The van der Waals surface area contributed by atoms with Gasteiger partial charge in [-0.3, -0.25) is 9.78 Å². The van der Waals surface area contributed by atoms with Gasteiger partial charge in [0, 0.05) is 17.3 Å². The van der Waals surface area contributed by atoms with Crippen LogP contribution in [0, 0.1) is 12.7 Å². The van der Waals surface area contributed by atoms with Gasteiger partial charge in [-0.1, -0.05) is 24.3 Å². The molecule has 0 saturated heterocycles. The molecule has 0 fully saturated rings. The SMILES string of the molecule is CCOc1nc(C)c2nc(-c3cncc(F)c3)n(Cc3ccc(C=O)cc3)c2n1. The summed E-state index contributed by atoms with van der Waals surface area (Å²) >= 11 is 0. The van der Waals surface area contributed by atoms with E-state index in [0.29, 0.717) is 47.0 Å². The summed E-state index contributed by atoms with van der Waals surface area (Å²) in [5, 5.41) is 0. The van der Waals surface area contributed by atoms with Crippen molar-refractivity contribution in [1.29, 1.82) is 0 Å². The molecule has 0 radical (unpaired) electrons. The number of imidazole rings is 1. The van der Waals surface area contributed by atoms with Crippen molar-refractivity contribution in [3.8, 4) is 17.4 Å². The molecule has 0 bridgehead atoms. The molecule has 3 aromatic heterocycles. The lowest BCUT2D eigenvalue weighted by Crippen LogP contribution is -2.06. The number of hydrogen-bond acceptors (Lipinski definition) is 6. The predicted octanol–water partition coefficient (Wildman–Crippen LogP) is 3.60. The highest BCUT2D eigenvalue weighted by atomic mass is 19.1. The summed E-state index contributed by atoms with van der Waals surface area (Å²) in [5.41, 5.74) is 3.92. The second-order valence-corrected chi connectivity index (χ2v) is 6.47. The van der Waals surface area contributed by atoms with Crippen molar-refractivity contribution >= 4 is 17.5 Å². The maximum atomic E-state index is 13.8. The minimum atomic E-state index is -0.450. The lowest BCUT2D eigenvalue weighted by molar-refractivity contribution is 0.112. The number of aromatic nitrogens is 5. The van der Waals surface area contributed by atoms with Crippen LogP contribution in [0.15, 0.2) is 42.7 Å². The van der Waals surface area contributed by atoms with Crippen molar-refractivity contribution in [3.05, 3.63) is 65.4 Å². The monoisotopic (exact) mass is 391 g/mol. The summed E-state index contributed by atoms with van der Waals surface area (Å²) in [6.45, 7) is 4.55. The van der Waals surface area contributed by atoms with Crippen LogP contribution < -0.4 is 4.74 Å². The van der Waals surface area contributed by atoms with Gasteiger partial charge in [0.2, 0.25) is 0 Å². The highest BCUT2D eigenvalue weighted by molar-refractivity contribution is 5.79. The van der Waals surface area contributed by atoms with Gasteiger partial charge < -0.3 is 9.30 Å². The Bertz CT molecular complexity index is 1190. The first kappa shape index (κ1) is 18.7. The van der Waals surface area contributed by atoms with E-state index in [-0.39, 0.29) is 6.01 Å². The molecule has 0 aliphatic rings. The van der Waals surface area contributed by atoms with Gasteiger partial charge in [-0.25, -0.2) is 9.37 Å². The number of nitrogens with zero attached hydrogens (tertiary/aromatic N) is 5. The van der Waals surface area contributed by atoms with Crippen LogP contribution in [0.1, 0.15) is 28.5 Å². The average molecular weight is 391 g/mol. The molecule has 7 nitrogen and oxygen atoms in total. The molecule has 0 saturated carbocycles. The van der Waals surface area contributed by atoms with Crippen molar-refractivity contribution in [2.45, 2.75) is 20.4 Å². The normalized spacial score (nSPS) is 11.0. The van der Waals surface area contributed by atoms with Crippen LogP contribution in [-0.4, -0.2) is 37.4 Å². The third kappa shape index (κ3) is 3.69. The Morgan fingerprint density at radius 2 is 1.93 bits per heavy atom. The topological polar surface area (TPSA) is 82.8 Å². The maximum absolute atomic E-state index is 13.8. The minimum absolute atomic E-state index is 0.263. The van der Waals surface area contributed by atoms with Crippen molar-refractivity contribution < 1.29 is 13.9 Å². The number of benzene rings is 1. The smallest absolute Gasteiger partial charge is 0.318 e. The molecule has 0 N–H and O–H groups in total. The summed E-state index contributed by atoms with van der Waals surface area (Å²) in [7, 11) is 0. The van der Waals surface area contributed by atoms with Crippen LogP contribution in [-0.2, 0) is 6.54 Å². The number of aldehydes is 1. The Hall–Kier alpha value is -3.68. The maximum Gasteiger partial charge on any atom is 0.318 e. The van der Waals surface area contributed by atoms with E-state index in [1.165, 1.54) is 6.07 Å². The number of hydrogen-bond donors (Lipinski definition) is 0. The van der Waals surface area contributed by atoms with Crippen molar-refractivity contribution in [2.75, 3.05) is 6.61 Å². The number of aryl methyl sites for hydroxylation is 1. The summed E-state index contributed by atoms with van der Waals surface area (Å²) in [6.07, 6.45) is 3.50. The molecule has 0 unspecified atom stereocenters. The van der Waals surface area contributed by atoms with Crippen molar-refractivity contribution in [3.63, 3.8) is 0 Å². The predicted molar refractivity (Wildman–Crippen MR) is 105 cm³/mol. The van der Waals surface area contributed by atoms with Crippen molar-refractivity contribution in [1.82, 2.24) is 24.5 Å². The molecule has 4 aromatic rings. The average Bonchev–Trinajstić information content (AvgIpc) is 3.08. The van der Waals surface area contributed by atoms with Gasteiger partial charge >= 0.3 is 6.01 Å². The zero-order valence-corrected chi connectivity index (χ0v) is 16.0. The summed E-state index contributed by atoms with van der Waals surface area (Å²) in [6, 6.07) is 8.86. The van der Waals surface area contributed by atoms with E-state index in [0.717, 1.165) is 18.0 Å². The number of carbonyl (C=O) groups excluding carboxylic acids is 1. The molecule has 29 heavy (non-hydrogen) atoms. The van der Waals surface area contributed by atoms with E-state index in [2.05, 4.69) is 19.9 Å². The van der Waals surface area contributed by atoms with Crippen molar-refractivity contribution in [2.24, 2.45) is 0 Å². The van der Waals surface area contributed by atoms with E-state index >= 15 is 0 Å². The highest BCUT2D eigenvalue weighted by Crippen LogP contribution is 2.27. The third-order valence-corrected chi connectivity index (χ3v) is 4.44. The van der Waals surface area contributed by atoms with Gasteiger partial charge in [-0.15, -0.1) is 0 Å². The molecular weight excluding hydrogens is 373 g/mol. The van der Waals surface area contributed by atoms with E-state index in [9.17, 15) is 9.18 Å². The number of fused-ring (bicyclic) bond motifs is 1. The Morgan fingerprint density at radius 3 is 2.62 bits per heavy atom. The lowest BCUT2D eigenvalue weighted by Gasteiger charge is -2.10. The van der Waals surface area contributed by atoms with Crippen LogP contribution in [0.3, 0.4) is 0 Å². The quantitative estimate of drug-likeness (QED) is 0.467. The van der Waals surface area contributed by atoms with Gasteiger partial charge in [0.1, 0.15) is 23.4 Å². The van der Waals surface area contributed by atoms with Crippen LogP contribution >= 0.6 is 0 Å². The Balaban J connectivity index is 1.91. The van der Waals surface area contributed by atoms with E-state index < -0.39 is 5.82 Å². The summed E-state index contributed by atoms with van der Waals surface area (Å²) in [4.78, 5) is 28.4. The van der Waals surface area contributed by atoms with Crippen LogP contribution in [0.2, 0.25) is 0 Å². The molecule has 4 rings (SSSR count). The largest absolute Gasteiger partial charge is 0.464 e. The van der Waals surface area contributed by atoms with Crippen LogP contribution in [0.25, 0.3) is 22.6 Å². The Labute approximate surface area is 166 Å². The van der Waals surface area contributed by atoms with Gasteiger partial charge in [-0.05, 0) is 25.5 Å². The molecule has 0 amide bonds. The summed E-state index contributed by atoms with van der Waals surface area (Å²) in [5.74, 6) is 0.0757. The number of pyridine rings is 1. The lowest BCUT2D eigenvalue weighted by atomic mass is 10.1. The Kier molecular flexibility index (Phi) is 4.99. The second kappa shape index (κ2) is 7.75. The fourth-order valence-corrected chi connectivity index (χ4v) is 3.09. The van der Waals surface area contributed by atoms with Gasteiger partial charge in [-0.2, -0.15) is 9.97 Å². The van der Waals surface area contributed by atoms with Crippen LogP contribution in [0.4, 0.5) is 4.39 Å². The summed E-state index contributed by atoms with van der Waals surface area (Å²) < 4.78 is 21.2. The molecule has 8 heteroatoms. The van der Waals surface area contributed by atoms with Gasteiger partial charge in [0.25, 0.3) is 0 Å². The van der Waals surface area contributed by atoms with E-state index in [4.69, 9.17) is 4.74 Å². The number of carbonyl (C=O) groups is 1. The first-order chi connectivity index (χ1) is 14.1. The number of rotatable bonds is 6. The van der Waals surface area contributed by atoms with Gasteiger partial charge in [0.05, 0.1) is 25.0 Å². The zero-order chi connectivity index (χ0) is 20.4. The number of halogens is 1. The molecule has 1 aromatic carbocycles. The zero-order valence-electron chi connectivity index (χ0n) is 16.0. The number of ether oxygens (including phenoxy) is 1. The molecule has 0 spiro atoms. The molecular formula is C21H18FN5O2. The first-order valence-electron chi connectivity index (χ1n) is 9.11. The molecule has 0 atom stereocenters. The highest BCUT2D eigenvalue weighted by Gasteiger charge is 2.19. The Morgan fingerprint density at radius 1 is 1.14 bits per heavy atom. The molecule has 3 heterocycles. The standard InChI is InChI=1S/C21H18FN5O2/c1-3-29-21-24-13(2)18-20(26-21)27(11-14-4-6-15(12-28)7-5-14)19(25-18)16-8-17(22)10-23-9-16/h4-10,12H,3,11H2,1-2H3. The minimum Gasteiger partial charge on any atom is -0.464 e. The molecule has 146 valence electrons. The second-order valence-electron chi connectivity index (χ2n) is 6.47. The fourth-order valence-electron chi connectivity index (χ4n) is 3.09. The first-order valence-corrected chi connectivity index (χ1v) is 9.11. The molecule has 0 aliphatic heterocycles. The fraction of sp³-hybridized carbons (Fsp3) is 0.190.